The fraction of sp³-hybridized carbons (Fsp3) is 0.118. The Kier molecular flexibility index (Phi) is 4.33. The van der Waals surface area contributed by atoms with Gasteiger partial charge in [-0.2, -0.15) is 0 Å². The summed E-state index contributed by atoms with van der Waals surface area (Å²) in [6, 6.07) is 16.8. The maximum Gasteiger partial charge on any atom is 0.309 e. The van der Waals surface area contributed by atoms with Crippen LogP contribution in [0.1, 0.15) is 16.2 Å². The van der Waals surface area contributed by atoms with Gasteiger partial charge in [-0.3, -0.25) is 4.79 Å². The van der Waals surface area contributed by atoms with Crippen LogP contribution in [0.15, 0.2) is 59.0 Å². The Hall–Kier alpha value is -3.15. The lowest BCUT2D eigenvalue weighted by molar-refractivity contribution is 0.0917. The van der Waals surface area contributed by atoms with Gasteiger partial charge in [-0.25, -0.2) is 0 Å². The molecular formula is C17H15N3O3. The molecule has 0 aliphatic heterocycles. The van der Waals surface area contributed by atoms with Gasteiger partial charge in [0, 0.05) is 6.54 Å². The number of para-hydroxylation sites is 1. The quantitative estimate of drug-likeness (QED) is 0.784. The molecule has 0 unspecified atom stereocenters. The second-order valence-electron chi connectivity index (χ2n) is 4.78. The molecule has 1 N–H and O–H groups in total. The Bertz CT molecular complexity index is 800. The molecule has 0 saturated heterocycles. The molecule has 0 bridgehead atoms. The maximum atomic E-state index is 12.1. The lowest BCUT2D eigenvalue weighted by Gasteiger charge is -2.03. The van der Waals surface area contributed by atoms with E-state index < -0.39 is 5.91 Å². The molecule has 2 aromatic carbocycles. The number of nitrogens with zero attached hydrogens (tertiary/aromatic N) is 2. The number of rotatable bonds is 5. The SMILES string of the molecule is COc1ccccc1-c1nnc(C(=O)NCc2ccccc2)o1. The molecule has 0 fully saturated rings. The van der Waals surface area contributed by atoms with Gasteiger partial charge < -0.3 is 14.5 Å². The van der Waals surface area contributed by atoms with Crippen molar-refractivity contribution in [1.82, 2.24) is 15.5 Å². The zero-order chi connectivity index (χ0) is 16.1. The molecule has 116 valence electrons. The molecule has 6 heteroatoms. The van der Waals surface area contributed by atoms with Gasteiger partial charge in [-0.1, -0.05) is 42.5 Å². The Morgan fingerprint density at radius 1 is 1.09 bits per heavy atom. The van der Waals surface area contributed by atoms with Crippen molar-refractivity contribution in [3.63, 3.8) is 0 Å². The fourth-order valence-corrected chi connectivity index (χ4v) is 2.10. The highest BCUT2D eigenvalue weighted by Gasteiger charge is 2.17. The van der Waals surface area contributed by atoms with Crippen molar-refractivity contribution in [2.45, 2.75) is 6.54 Å². The van der Waals surface area contributed by atoms with E-state index in [-0.39, 0.29) is 11.8 Å². The summed E-state index contributed by atoms with van der Waals surface area (Å²) in [4.78, 5) is 12.1. The summed E-state index contributed by atoms with van der Waals surface area (Å²) in [5.41, 5.74) is 1.63. The minimum Gasteiger partial charge on any atom is -0.496 e. The van der Waals surface area contributed by atoms with Crippen LogP contribution in [0.4, 0.5) is 0 Å². The summed E-state index contributed by atoms with van der Waals surface area (Å²) in [5, 5.41) is 10.5. The lowest BCUT2D eigenvalue weighted by atomic mass is 10.2. The summed E-state index contributed by atoms with van der Waals surface area (Å²) in [7, 11) is 1.56. The van der Waals surface area contributed by atoms with Crippen LogP contribution in [-0.2, 0) is 6.54 Å². The second kappa shape index (κ2) is 6.74. The number of methoxy groups -OCH3 is 1. The number of amides is 1. The number of nitrogens with one attached hydrogen (secondary N) is 1. The van der Waals surface area contributed by atoms with Crippen LogP contribution >= 0.6 is 0 Å². The third-order valence-corrected chi connectivity index (χ3v) is 3.25. The monoisotopic (exact) mass is 309 g/mol. The van der Waals surface area contributed by atoms with E-state index in [0.717, 1.165) is 5.56 Å². The van der Waals surface area contributed by atoms with E-state index in [9.17, 15) is 4.79 Å². The van der Waals surface area contributed by atoms with Gasteiger partial charge in [0.1, 0.15) is 5.75 Å². The van der Waals surface area contributed by atoms with Crippen molar-refractivity contribution in [2.24, 2.45) is 0 Å². The smallest absolute Gasteiger partial charge is 0.309 e. The lowest BCUT2D eigenvalue weighted by Crippen LogP contribution is -2.23. The van der Waals surface area contributed by atoms with E-state index in [4.69, 9.17) is 9.15 Å². The number of aromatic nitrogens is 2. The summed E-state index contributed by atoms with van der Waals surface area (Å²) >= 11 is 0. The van der Waals surface area contributed by atoms with E-state index >= 15 is 0 Å². The molecule has 0 radical (unpaired) electrons. The second-order valence-corrected chi connectivity index (χ2v) is 4.78. The molecule has 23 heavy (non-hydrogen) atoms. The summed E-state index contributed by atoms with van der Waals surface area (Å²) in [6.07, 6.45) is 0. The Labute approximate surface area is 133 Å². The Balaban J connectivity index is 1.72. The van der Waals surface area contributed by atoms with Crippen LogP contribution < -0.4 is 10.1 Å². The number of hydrogen-bond donors (Lipinski definition) is 1. The average molecular weight is 309 g/mol. The third kappa shape index (κ3) is 3.37. The van der Waals surface area contributed by atoms with E-state index in [0.29, 0.717) is 17.9 Å². The summed E-state index contributed by atoms with van der Waals surface area (Å²) in [5.74, 6) is 0.351. The first kappa shape index (κ1) is 14.8. The highest BCUT2D eigenvalue weighted by molar-refractivity contribution is 5.89. The van der Waals surface area contributed by atoms with Crippen LogP contribution in [0.2, 0.25) is 0 Å². The van der Waals surface area contributed by atoms with Gasteiger partial charge in [0.2, 0.25) is 0 Å². The number of carbonyl (C=O) groups is 1. The zero-order valence-corrected chi connectivity index (χ0v) is 12.5. The molecule has 0 spiro atoms. The molecule has 0 saturated carbocycles. The molecule has 3 rings (SSSR count). The fourth-order valence-electron chi connectivity index (χ4n) is 2.10. The highest BCUT2D eigenvalue weighted by atomic mass is 16.5. The number of carbonyl (C=O) groups excluding carboxylic acids is 1. The van der Waals surface area contributed by atoms with Crippen molar-refractivity contribution >= 4 is 5.91 Å². The molecule has 1 amide bonds. The van der Waals surface area contributed by atoms with Crippen LogP contribution in [0, 0.1) is 0 Å². The maximum absolute atomic E-state index is 12.1. The van der Waals surface area contributed by atoms with Crippen LogP contribution in [0.25, 0.3) is 11.5 Å². The van der Waals surface area contributed by atoms with Crippen LogP contribution in [0.3, 0.4) is 0 Å². The van der Waals surface area contributed by atoms with Crippen molar-refractivity contribution in [1.29, 1.82) is 0 Å². The topological polar surface area (TPSA) is 77.2 Å². The Morgan fingerprint density at radius 3 is 2.61 bits per heavy atom. The molecule has 0 aliphatic carbocycles. The third-order valence-electron chi connectivity index (χ3n) is 3.25. The zero-order valence-electron chi connectivity index (χ0n) is 12.5. The van der Waals surface area contributed by atoms with Crippen molar-refractivity contribution in [3.8, 4) is 17.2 Å². The average Bonchev–Trinajstić information content (AvgIpc) is 3.10. The standard InChI is InChI=1S/C17H15N3O3/c1-22-14-10-6-5-9-13(14)16-19-20-17(23-16)15(21)18-11-12-7-3-2-4-8-12/h2-10H,11H2,1H3,(H,18,21). The molecule has 1 aromatic heterocycles. The minimum absolute atomic E-state index is 0.0816. The first-order valence-electron chi connectivity index (χ1n) is 7.07. The largest absolute Gasteiger partial charge is 0.496 e. The van der Waals surface area contributed by atoms with E-state index in [1.165, 1.54) is 0 Å². The van der Waals surface area contributed by atoms with Gasteiger partial charge in [-0.15, -0.1) is 10.2 Å². The van der Waals surface area contributed by atoms with Gasteiger partial charge >= 0.3 is 11.8 Å². The van der Waals surface area contributed by atoms with Gasteiger partial charge in [-0.05, 0) is 17.7 Å². The number of ether oxygens (including phenoxy) is 1. The predicted octanol–water partition coefficient (Wildman–Crippen LogP) is 2.68. The summed E-state index contributed by atoms with van der Waals surface area (Å²) < 4.78 is 10.7. The molecular weight excluding hydrogens is 294 g/mol. The van der Waals surface area contributed by atoms with Crippen molar-refractivity contribution < 1.29 is 13.9 Å². The highest BCUT2D eigenvalue weighted by Crippen LogP contribution is 2.28. The molecule has 3 aromatic rings. The van der Waals surface area contributed by atoms with E-state index in [1.807, 2.05) is 42.5 Å². The van der Waals surface area contributed by atoms with E-state index in [1.54, 1.807) is 19.2 Å². The van der Waals surface area contributed by atoms with Gasteiger partial charge in [0.05, 0.1) is 12.7 Å². The first-order chi connectivity index (χ1) is 11.3. The first-order valence-corrected chi connectivity index (χ1v) is 7.07. The molecule has 0 aliphatic rings. The Morgan fingerprint density at radius 2 is 1.83 bits per heavy atom. The van der Waals surface area contributed by atoms with Crippen molar-refractivity contribution in [3.05, 3.63) is 66.1 Å². The normalized spacial score (nSPS) is 10.3. The summed E-state index contributed by atoms with van der Waals surface area (Å²) in [6.45, 7) is 0.395. The van der Waals surface area contributed by atoms with Gasteiger partial charge in [0.25, 0.3) is 5.89 Å². The van der Waals surface area contributed by atoms with E-state index in [2.05, 4.69) is 15.5 Å². The molecule has 1 heterocycles. The van der Waals surface area contributed by atoms with Crippen LogP contribution in [-0.4, -0.2) is 23.2 Å². The molecule has 6 nitrogen and oxygen atoms in total. The van der Waals surface area contributed by atoms with Crippen LogP contribution in [0.5, 0.6) is 5.75 Å². The predicted molar refractivity (Wildman–Crippen MR) is 83.9 cm³/mol. The van der Waals surface area contributed by atoms with Gasteiger partial charge in [0.15, 0.2) is 0 Å². The number of hydrogen-bond acceptors (Lipinski definition) is 5. The number of benzene rings is 2. The molecule has 0 atom stereocenters. The minimum atomic E-state index is -0.414. The van der Waals surface area contributed by atoms with Crippen molar-refractivity contribution in [2.75, 3.05) is 7.11 Å².